The Morgan fingerprint density at radius 2 is 1.65 bits per heavy atom. The highest BCUT2D eigenvalue weighted by Crippen LogP contribution is 2.34. The second-order valence-corrected chi connectivity index (χ2v) is 9.24. The third-order valence-corrected chi connectivity index (χ3v) is 6.97. The quantitative estimate of drug-likeness (QED) is 0.791. The van der Waals surface area contributed by atoms with E-state index in [9.17, 15) is 9.59 Å². The Kier molecular flexibility index (Phi) is 5.62. The van der Waals surface area contributed by atoms with Crippen LogP contribution < -0.4 is 5.32 Å². The van der Waals surface area contributed by atoms with Crippen molar-refractivity contribution in [1.82, 2.24) is 14.8 Å². The molecule has 2 aromatic rings. The molecule has 1 N–H and O–H groups in total. The second-order valence-electron chi connectivity index (χ2n) is 9.24. The van der Waals surface area contributed by atoms with Gasteiger partial charge in [0.05, 0.1) is 0 Å². The fourth-order valence-electron chi connectivity index (χ4n) is 4.67. The van der Waals surface area contributed by atoms with Crippen LogP contribution in [0.5, 0.6) is 0 Å². The van der Waals surface area contributed by atoms with E-state index in [4.69, 9.17) is 0 Å². The molecule has 6 heteroatoms. The van der Waals surface area contributed by atoms with Gasteiger partial charge in [-0.15, -0.1) is 0 Å². The Hall–Kier alpha value is -2.89. The zero-order valence-corrected chi connectivity index (χ0v) is 17.9. The first kappa shape index (κ1) is 20.0. The van der Waals surface area contributed by atoms with E-state index in [0.717, 1.165) is 51.1 Å². The standard InChI is InChI=1S/C25H30N4O2/c30-24(14-18-3-4-18)28-12-9-20(10-13-28)19-5-7-23(8-6-19)27-25(31)29-16-22(17-29)21-2-1-11-26-15-21/h1-2,5-8,11,15,18,20,22H,3-4,9-10,12-14,16-17H2,(H,27,31). The van der Waals surface area contributed by atoms with Crippen LogP contribution in [0, 0.1) is 5.92 Å². The van der Waals surface area contributed by atoms with Gasteiger partial charge in [0.25, 0.3) is 0 Å². The minimum absolute atomic E-state index is 0.0460. The number of urea groups is 1. The summed E-state index contributed by atoms with van der Waals surface area (Å²) < 4.78 is 0. The minimum Gasteiger partial charge on any atom is -0.343 e. The van der Waals surface area contributed by atoms with E-state index in [1.165, 1.54) is 24.0 Å². The molecule has 3 heterocycles. The van der Waals surface area contributed by atoms with Crippen LogP contribution in [0.25, 0.3) is 0 Å². The number of hydrogen-bond acceptors (Lipinski definition) is 3. The molecule has 5 rings (SSSR count). The number of likely N-dealkylation sites (tertiary alicyclic amines) is 2. The number of pyridine rings is 1. The third-order valence-electron chi connectivity index (χ3n) is 6.97. The fourth-order valence-corrected chi connectivity index (χ4v) is 4.67. The Morgan fingerprint density at radius 1 is 0.903 bits per heavy atom. The zero-order chi connectivity index (χ0) is 21.2. The number of carbonyl (C=O) groups excluding carboxylic acids is 2. The normalized spacial score (nSPS) is 19.7. The van der Waals surface area contributed by atoms with Crippen LogP contribution in [0.3, 0.4) is 0 Å². The van der Waals surface area contributed by atoms with Crippen LogP contribution >= 0.6 is 0 Å². The monoisotopic (exact) mass is 418 g/mol. The molecule has 162 valence electrons. The van der Waals surface area contributed by atoms with E-state index in [2.05, 4.69) is 33.4 Å². The van der Waals surface area contributed by atoms with Gasteiger partial charge in [-0.2, -0.15) is 0 Å². The first-order chi connectivity index (χ1) is 15.2. The van der Waals surface area contributed by atoms with Gasteiger partial charge in [-0.1, -0.05) is 18.2 Å². The van der Waals surface area contributed by atoms with Gasteiger partial charge in [-0.05, 0) is 66.8 Å². The minimum atomic E-state index is -0.0460. The second kappa shape index (κ2) is 8.69. The summed E-state index contributed by atoms with van der Waals surface area (Å²) in [6.45, 7) is 3.19. The average Bonchev–Trinajstić information content (AvgIpc) is 3.58. The van der Waals surface area contributed by atoms with Gasteiger partial charge in [0, 0.05) is 56.6 Å². The molecule has 3 amide bonds. The topological polar surface area (TPSA) is 65.5 Å². The van der Waals surface area contributed by atoms with Crippen molar-refractivity contribution in [3.8, 4) is 0 Å². The Labute approximate surface area is 183 Å². The smallest absolute Gasteiger partial charge is 0.321 e. The first-order valence-electron chi connectivity index (χ1n) is 11.5. The molecule has 0 spiro atoms. The molecule has 1 saturated carbocycles. The summed E-state index contributed by atoms with van der Waals surface area (Å²) in [7, 11) is 0. The van der Waals surface area contributed by atoms with Crippen LogP contribution in [0.15, 0.2) is 48.8 Å². The summed E-state index contributed by atoms with van der Waals surface area (Å²) in [5.74, 6) is 1.87. The number of piperidine rings is 1. The Balaban J connectivity index is 1.08. The number of nitrogens with one attached hydrogen (secondary N) is 1. The molecule has 0 atom stereocenters. The molecule has 2 saturated heterocycles. The number of rotatable bonds is 5. The third kappa shape index (κ3) is 4.73. The number of hydrogen-bond donors (Lipinski definition) is 1. The van der Waals surface area contributed by atoms with Gasteiger partial charge >= 0.3 is 6.03 Å². The number of nitrogens with zero attached hydrogens (tertiary/aromatic N) is 3. The van der Waals surface area contributed by atoms with Crippen LogP contribution in [0.1, 0.15) is 55.1 Å². The molecular formula is C25H30N4O2. The number of aromatic nitrogens is 1. The Bertz CT molecular complexity index is 912. The maximum Gasteiger partial charge on any atom is 0.321 e. The van der Waals surface area contributed by atoms with Crippen molar-refractivity contribution < 1.29 is 9.59 Å². The van der Waals surface area contributed by atoms with E-state index in [-0.39, 0.29) is 6.03 Å². The summed E-state index contributed by atoms with van der Waals surface area (Å²) >= 11 is 0. The highest BCUT2D eigenvalue weighted by molar-refractivity contribution is 5.90. The summed E-state index contributed by atoms with van der Waals surface area (Å²) in [5.41, 5.74) is 3.32. The molecule has 0 radical (unpaired) electrons. The van der Waals surface area contributed by atoms with E-state index in [1.54, 1.807) is 6.20 Å². The summed E-state index contributed by atoms with van der Waals surface area (Å²) in [6.07, 6.45) is 8.90. The van der Waals surface area contributed by atoms with Crippen molar-refractivity contribution in [3.05, 3.63) is 59.9 Å². The number of anilines is 1. The number of benzene rings is 1. The summed E-state index contributed by atoms with van der Waals surface area (Å²) in [5, 5.41) is 3.01. The summed E-state index contributed by atoms with van der Waals surface area (Å²) in [6, 6.07) is 12.2. The van der Waals surface area contributed by atoms with Crippen molar-refractivity contribution in [2.75, 3.05) is 31.5 Å². The molecule has 3 fully saturated rings. The highest BCUT2D eigenvalue weighted by Gasteiger charge is 2.32. The molecular weight excluding hydrogens is 388 g/mol. The SMILES string of the molecule is O=C(CC1CC1)N1CCC(c2ccc(NC(=O)N3CC(c4cccnc4)C3)cc2)CC1. The molecule has 1 aromatic carbocycles. The fraction of sp³-hybridized carbons (Fsp3) is 0.480. The van der Waals surface area contributed by atoms with Crippen molar-refractivity contribution in [1.29, 1.82) is 0 Å². The molecule has 3 aliphatic rings. The van der Waals surface area contributed by atoms with Gasteiger partial charge < -0.3 is 15.1 Å². The van der Waals surface area contributed by atoms with Gasteiger partial charge in [0.2, 0.25) is 5.91 Å². The molecule has 2 aliphatic heterocycles. The average molecular weight is 419 g/mol. The summed E-state index contributed by atoms with van der Waals surface area (Å²) in [4.78, 5) is 32.8. The van der Waals surface area contributed by atoms with Gasteiger partial charge in [-0.3, -0.25) is 9.78 Å². The van der Waals surface area contributed by atoms with Gasteiger partial charge in [0.1, 0.15) is 0 Å². The van der Waals surface area contributed by atoms with Crippen molar-refractivity contribution in [2.45, 2.75) is 43.9 Å². The first-order valence-corrected chi connectivity index (χ1v) is 11.5. The van der Waals surface area contributed by atoms with Crippen LogP contribution in [-0.4, -0.2) is 52.9 Å². The van der Waals surface area contributed by atoms with Gasteiger partial charge in [-0.25, -0.2) is 4.79 Å². The van der Waals surface area contributed by atoms with Crippen LogP contribution in [0.2, 0.25) is 0 Å². The molecule has 31 heavy (non-hydrogen) atoms. The lowest BCUT2D eigenvalue weighted by Crippen LogP contribution is -2.50. The molecule has 0 bridgehead atoms. The lowest BCUT2D eigenvalue weighted by Gasteiger charge is -2.39. The lowest BCUT2D eigenvalue weighted by molar-refractivity contribution is -0.132. The van der Waals surface area contributed by atoms with Gasteiger partial charge in [0.15, 0.2) is 0 Å². The molecule has 1 aliphatic carbocycles. The Morgan fingerprint density at radius 3 is 2.29 bits per heavy atom. The van der Waals surface area contributed by atoms with Crippen molar-refractivity contribution in [3.63, 3.8) is 0 Å². The lowest BCUT2D eigenvalue weighted by atomic mass is 9.89. The van der Waals surface area contributed by atoms with Crippen LogP contribution in [0.4, 0.5) is 10.5 Å². The molecule has 1 aromatic heterocycles. The molecule has 0 unspecified atom stereocenters. The number of carbonyl (C=O) groups is 2. The maximum absolute atomic E-state index is 12.5. The predicted octanol–water partition coefficient (Wildman–Crippen LogP) is 4.22. The van der Waals surface area contributed by atoms with E-state index < -0.39 is 0 Å². The molecule has 6 nitrogen and oxygen atoms in total. The largest absolute Gasteiger partial charge is 0.343 e. The highest BCUT2D eigenvalue weighted by atomic mass is 16.2. The zero-order valence-electron chi connectivity index (χ0n) is 17.9. The van der Waals surface area contributed by atoms with Crippen molar-refractivity contribution >= 4 is 17.6 Å². The maximum atomic E-state index is 12.5. The van der Waals surface area contributed by atoms with Crippen molar-refractivity contribution in [2.24, 2.45) is 5.92 Å². The number of amides is 3. The van der Waals surface area contributed by atoms with E-state index >= 15 is 0 Å². The van der Waals surface area contributed by atoms with E-state index in [1.807, 2.05) is 29.3 Å². The van der Waals surface area contributed by atoms with Crippen LogP contribution in [-0.2, 0) is 4.79 Å². The van der Waals surface area contributed by atoms with E-state index in [0.29, 0.717) is 23.7 Å². The predicted molar refractivity (Wildman–Crippen MR) is 120 cm³/mol.